The highest BCUT2D eigenvalue weighted by atomic mass is 16.5. The molecule has 3 amide bonds. The molecule has 0 aliphatic carbocycles. The van der Waals surface area contributed by atoms with Crippen LogP contribution in [0.25, 0.3) is 0 Å². The molecule has 2 heterocycles. The highest BCUT2D eigenvalue weighted by Gasteiger charge is 2.24. The predicted octanol–water partition coefficient (Wildman–Crippen LogP) is 1.51. The van der Waals surface area contributed by atoms with E-state index in [2.05, 4.69) is 10.6 Å². The largest absolute Gasteiger partial charge is 0.376 e. The SMILES string of the molecule is C[C@H](NC(=O)c1ccc(N2CCNC2=O)cc1)[C@@H]1CCCO1. The van der Waals surface area contributed by atoms with Crippen molar-refractivity contribution in [2.24, 2.45) is 0 Å². The summed E-state index contributed by atoms with van der Waals surface area (Å²) in [6, 6.07) is 7.01. The molecule has 2 fully saturated rings. The van der Waals surface area contributed by atoms with Gasteiger partial charge >= 0.3 is 6.03 Å². The van der Waals surface area contributed by atoms with Crippen LogP contribution >= 0.6 is 0 Å². The fourth-order valence-electron chi connectivity index (χ4n) is 2.89. The molecule has 118 valence electrons. The number of rotatable bonds is 4. The molecule has 2 N–H and O–H groups in total. The van der Waals surface area contributed by atoms with Gasteiger partial charge in [-0.2, -0.15) is 0 Å². The van der Waals surface area contributed by atoms with Crippen molar-refractivity contribution in [1.82, 2.24) is 10.6 Å². The third-order valence-corrected chi connectivity index (χ3v) is 4.18. The molecule has 2 aliphatic heterocycles. The van der Waals surface area contributed by atoms with Gasteiger partial charge in [-0.15, -0.1) is 0 Å². The summed E-state index contributed by atoms with van der Waals surface area (Å²) >= 11 is 0. The summed E-state index contributed by atoms with van der Waals surface area (Å²) in [4.78, 5) is 25.5. The number of nitrogens with zero attached hydrogens (tertiary/aromatic N) is 1. The smallest absolute Gasteiger partial charge is 0.321 e. The Labute approximate surface area is 129 Å². The number of amides is 3. The number of hydrogen-bond donors (Lipinski definition) is 2. The van der Waals surface area contributed by atoms with Gasteiger partial charge in [0.05, 0.1) is 12.1 Å². The number of hydrogen-bond acceptors (Lipinski definition) is 3. The molecule has 0 saturated carbocycles. The number of carbonyl (C=O) groups excluding carboxylic acids is 2. The molecule has 2 saturated heterocycles. The summed E-state index contributed by atoms with van der Waals surface area (Å²) in [6.45, 7) is 4.05. The van der Waals surface area contributed by atoms with Crippen molar-refractivity contribution in [3.8, 4) is 0 Å². The number of urea groups is 1. The van der Waals surface area contributed by atoms with E-state index >= 15 is 0 Å². The van der Waals surface area contributed by atoms with E-state index in [4.69, 9.17) is 4.74 Å². The third-order valence-electron chi connectivity index (χ3n) is 4.18. The first-order valence-electron chi connectivity index (χ1n) is 7.73. The molecule has 1 aromatic carbocycles. The van der Waals surface area contributed by atoms with Gasteiger partial charge in [-0.05, 0) is 44.0 Å². The zero-order valence-corrected chi connectivity index (χ0v) is 12.7. The van der Waals surface area contributed by atoms with Crippen molar-refractivity contribution >= 4 is 17.6 Å². The van der Waals surface area contributed by atoms with Crippen LogP contribution in [0.4, 0.5) is 10.5 Å². The number of ether oxygens (including phenoxy) is 1. The lowest BCUT2D eigenvalue weighted by molar-refractivity contribution is 0.0712. The zero-order valence-electron chi connectivity index (χ0n) is 12.7. The number of carbonyl (C=O) groups is 2. The molecule has 2 aliphatic rings. The fraction of sp³-hybridized carbons (Fsp3) is 0.500. The minimum Gasteiger partial charge on any atom is -0.376 e. The summed E-state index contributed by atoms with van der Waals surface area (Å²) in [5, 5.41) is 5.74. The molecule has 1 aromatic rings. The third kappa shape index (κ3) is 3.06. The second-order valence-electron chi connectivity index (χ2n) is 5.74. The maximum absolute atomic E-state index is 12.2. The van der Waals surface area contributed by atoms with E-state index in [0.717, 1.165) is 25.1 Å². The average molecular weight is 303 g/mol. The Balaban J connectivity index is 1.62. The van der Waals surface area contributed by atoms with Crippen LogP contribution in [0.15, 0.2) is 24.3 Å². The van der Waals surface area contributed by atoms with E-state index < -0.39 is 0 Å². The molecular formula is C16H21N3O3. The molecule has 0 unspecified atom stereocenters. The lowest BCUT2D eigenvalue weighted by Gasteiger charge is -2.20. The van der Waals surface area contributed by atoms with Gasteiger partial charge in [-0.25, -0.2) is 4.79 Å². The van der Waals surface area contributed by atoms with Gasteiger partial charge in [0.1, 0.15) is 0 Å². The Morgan fingerprint density at radius 3 is 2.77 bits per heavy atom. The van der Waals surface area contributed by atoms with Crippen LogP contribution in [0.5, 0.6) is 0 Å². The van der Waals surface area contributed by atoms with E-state index in [1.807, 2.05) is 6.92 Å². The normalized spacial score (nSPS) is 22.5. The van der Waals surface area contributed by atoms with Gasteiger partial charge in [-0.1, -0.05) is 0 Å². The van der Waals surface area contributed by atoms with Gasteiger partial charge in [0, 0.05) is 30.9 Å². The van der Waals surface area contributed by atoms with Gasteiger partial charge in [0.25, 0.3) is 5.91 Å². The summed E-state index contributed by atoms with van der Waals surface area (Å²) in [7, 11) is 0. The molecule has 0 radical (unpaired) electrons. The predicted molar refractivity (Wildman–Crippen MR) is 83.1 cm³/mol. The summed E-state index contributed by atoms with van der Waals surface area (Å²) in [5.74, 6) is -0.111. The fourth-order valence-corrected chi connectivity index (χ4v) is 2.89. The van der Waals surface area contributed by atoms with Crippen molar-refractivity contribution in [3.05, 3.63) is 29.8 Å². The molecule has 6 nitrogen and oxygen atoms in total. The minimum atomic E-state index is -0.111. The topological polar surface area (TPSA) is 70.7 Å². The maximum atomic E-state index is 12.2. The summed E-state index contributed by atoms with van der Waals surface area (Å²) < 4.78 is 5.58. The van der Waals surface area contributed by atoms with Crippen LogP contribution in [-0.4, -0.2) is 43.8 Å². The van der Waals surface area contributed by atoms with Gasteiger partial charge in [0.2, 0.25) is 0 Å². The van der Waals surface area contributed by atoms with Gasteiger partial charge < -0.3 is 15.4 Å². The first kappa shape index (κ1) is 14.8. The van der Waals surface area contributed by atoms with Crippen molar-refractivity contribution in [2.75, 3.05) is 24.6 Å². The Kier molecular flexibility index (Phi) is 4.29. The molecule has 0 bridgehead atoms. The standard InChI is InChI=1S/C16H21N3O3/c1-11(14-3-2-10-22-14)18-15(20)12-4-6-13(7-5-12)19-9-8-17-16(19)21/h4-7,11,14H,2-3,8-10H2,1H3,(H,17,21)(H,18,20)/t11-,14-/m0/s1. The Morgan fingerprint density at radius 2 is 2.18 bits per heavy atom. The lowest BCUT2D eigenvalue weighted by Crippen LogP contribution is -2.40. The molecule has 0 spiro atoms. The van der Waals surface area contributed by atoms with E-state index in [1.54, 1.807) is 29.2 Å². The molecule has 3 rings (SSSR count). The van der Waals surface area contributed by atoms with Crippen LogP contribution < -0.4 is 15.5 Å². The zero-order chi connectivity index (χ0) is 15.5. The Hall–Kier alpha value is -2.08. The van der Waals surface area contributed by atoms with Crippen LogP contribution in [0.2, 0.25) is 0 Å². The quantitative estimate of drug-likeness (QED) is 0.886. The van der Waals surface area contributed by atoms with Crippen molar-refractivity contribution < 1.29 is 14.3 Å². The Morgan fingerprint density at radius 1 is 1.41 bits per heavy atom. The second kappa shape index (κ2) is 6.36. The molecular weight excluding hydrogens is 282 g/mol. The van der Waals surface area contributed by atoms with E-state index in [-0.39, 0.29) is 24.1 Å². The first-order chi connectivity index (χ1) is 10.6. The maximum Gasteiger partial charge on any atom is 0.321 e. The van der Waals surface area contributed by atoms with Crippen LogP contribution in [0.1, 0.15) is 30.1 Å². The summed E-state index contributed by atoms with van der Waals surface area (Å²) in [6.07, 6.45) is 2.15. The van der Waals surface area contributed by atoms with Gasteiger partial charge in [-0.3, -0.25) is 9.69 Å². The highest BCUT2D eigenvalue weighted by molar-refractivity contribution is 5.97. The average Bonchev–Trinajstić information content (AvgIpc) is 3.18. The first-order valence-corrected chi connectivity index (χ1v) is 7.73. The van der Waals surface area contributed by atoms with E-state index in [0.29, 0.717) is 18.7 Å². The van der Waals surface area contributed by atoms with Crippen molar-refractivity contribution in [2.45, 2.75) is 31.9 Å². The lowest BCUT2D eigenvalue weighted by atomic mass is 10.1. The Bertz CT molecular complexity index is 552. The molecule has 2 atom stereocenters. The van der Waals surface area contributed by atoms with Crippen molar-refractivity contribution in [1.29, 1.82) is 0 Å². The van der Waals surface area contributed by atoms with E-state index in [9.17, 15) is 9.59 Å². The van der Waals surface area contributed by atoms with E-state index in [1.165, 1.54) is 0 Å². The van der Waals surface area contributed by atoms with Gasteiger partial charge in [0.15, 0.2) is 0 Å². The minimum absolute atomic E-state index is 0.000892. The number of benzene rings is 1. The highest BCUT2D eigenvalue weighted by Crippen LogP contribution is 2.18. The monoisotopic (exact) mass is 303 g/mol. The summed E-state index contributed by atoms with van der Waals surface area (Å²) in [5.41, 5.74) is 1.40. The number of nitrogens with one attached hydrogen (secondary N) is 2. The van der Waals surface area contributed by atoms with Crippen LogP contribution in [0, 0.1) is 0 Å². The molecule has 0 aromatic heterocycles. The van der Waals surface area contributed by atoms with Crippen molar-refractivity contribution in [3.63, 3.8) is 0 Å². The van der Waals surface area contributed by atoms with Crippen LogP contribution in [0.3, 0.4) is 0 Å². The van der Waals surface area contributed by atoms with Crippen LogP contribution in [-0.2, 0) is 4.74 Å². The number of anilines is 1. The molecule has 6 heteroatoms. The molecule has 22 heavy (non-hydrogen) atoms. The second-order valence-corrected chi connectivity index (χ2v) is 5.74.